The largest absolute Gasteiger partial charge is 0.338 e. The second-order valence-corrected chi connectivity index (χ2v) is 9.43. The van der Waals surface area contributed by atoms with Crippen LogP contribution in [-0.2, 0) is 4.79 Å². The molecular formula is C25H24ClFN4O2. The van der Waals surface area contributed by atoms with E-state index in [1.54, 1.807) is 27.7 Å². The normalized spacial score (nSPS) is 19.5. The maximum Gasteiger partial charge on any atom is 0.275 e. The summed E-state index contributed by atoms with van der Waals surface area (Å²) in [5.74, 6) is -0.789. The first-order chi connectivity index (χ1) is 15.8. The van der Waals surface area contributed by atoms with Crippen LogP contribution in [0.1, 0.15) is 30.3 Å². The molecule has 2 amide bonds. The molecule has 8 heteroatoms. The number of pyridine rings is 1. The van der Waals surface area contributed by atoms with Crippen molar-refractivity contribution in [2.75, 3.05) is 19.6 Å². The summed E-state index contributed by atoms with van der Waals surface area (Å²) in [5.41, 5.74) is 1.96. The predicted octanol–water partition coefficient (Wildman–Crippen LogP) is 4.43. The SMILES string of the molecule is C=CC(=O)N1CC2(CCN(C(=O)c3nn4ccccc4c3-c3cccc(F)c3Cl)[C@@H](C)C2)C1. The van der Waals surface area contributed by atoms with Crippen LogP contribution in [-0.4, -0.2) is 56.9 Å². The minimum absolute atomic E-state index is 0.0205. The van der Waals surface area contributed by atoms with Crippen molar-refractivity contribution in [1.29, 1.82) is 0 Å². The molecule has 3 aromatic rings. The molecule has 5 rings (SSSR count). The number of amides is 2. The topological polar surface area (TPSA) is 57.9 Å². The molecule has 0 radical (unpaired) electrons. The van der Waals surface area contributed by atoms with Gasteiger partial charge in [-0.2, -0.15) is 5.10 Å². The monoisotopic (exact) mass is 466 g/mol. The van der Waals surface area contributed by atoms with Gasteiger partial charge < -0.3 is 9.80 Å². The van der Waals surface area contributed by atoms with E-state index in [-0.39, 0.29) is 34.0 Å². The molecule has 4 heterocycles. The molecule has 0 saturated carbocycles. The third-order valence-electron chi connectivity index (χ3n) is 6.91. The highest BCUT2D eigenvalue weighted by molar-refractivity contribution is 6.34. The van der Waals surface area contributed by atoms with Gasteiger partial charge in [0.15, 0.2) is 5.69 Å². The van der Waals surface area contributed by atoms with Gasteiger partial charge in [-0.1, -0.05) is 36.4 Å². The van der Waals surface area contributed by atoms with Gasteiger partial charge in [0.05, 0.1) is 10.5 Å². The fourth-order valence-electron chi connectivity index (χ4n) is 5.30. The second-order valence-electron chi connectivity index (χ2n) is 9.06. The Bertz CT molecular complexity index is 1280. The summed E-state index contributed by atoms with van der Waals surface area (Å²) >= 11 is 6.31. The van der Waals surface area contributed by atoms with Gasteiger partial charge in [0.2, 0.25) is 5.91 Å². The van der Waals surface area contributed by atoms with Crippen molar-refractivity contribution in [3.8, 4) is 11.1 Å². The van der Waals surface area contributed by atoms with Crippen LogP contribution >= 0.6 is 11.6 Å². The lowest BCUT2D eigenvalue weighted by Gasteiger charge is -2.55. The van der Waals surface area contributed by atoms with Crippen molar-refractivity contribution in [1.82, 2.24) is 19.4 Å². The number of benzene rings is 1. The minimum Gasteiger partial charge on any atom is -0.338 e. The summed E-state index contributed by atoms with van der Waals surface area (Å²) in [6.07, 6.45) is 4.73. The van der Waals surface area contributed by atoms with Crippen LogP contribution in [0.5, 0.6) is 0 Å². The van der Waals surface area contributed by atoms with Crippen LogP contribution in [0.4, 0.5) is 4.39 Å². The van der Waals surface area contributed by atoms with Crippen LogP contribution in [0.25, 0.3) is 16.6 Å². The van der Waals surface area contributed by atoms with Gasteiger partial charge in [-0.3, -0.25) is 9.59 Å². The van der Waals surface area contributed by atoms with Gasteiger partial charge >= 0.3 is 0 Å². The Hall–Kier alpha value is -3.19. The number of piperidine rings is 1. The Morgan fingerprint density at radius 1 is 1.24 bits per heavy atom. The summed E-state index contributed by atoms with van der Waals surface area (Å²) in [5, 5.41) is 4.54. The average Bonchev–Trinajstić information content (AvgIpc) is 3.17. The zero-order valence-corrected chi connectivity index (χ0v) is 19.1. The van der Waals surface area contributed by atoms with Gasteiger partial charge in [-0.15, -0.1) is 0 Å². The van der Waals surface area contributed by atoms with E-state index in [1.807, 2.05) is 30.0 Å². The Morgan fingerprint density at radius 3 is 2.76 bits per heavy atom. The summed E-state index contributed by atoms with van der Waals surface area (Å²) in [7, 11) is 0. The van der Waals surface area contributed by atoms with Crippen molar-refractivity contribution < 1.29 is 14.0 Å². The lowest BCUT2D eigenvalue weighted by atomic mass is 9.69. The molecule has 0 N–H and O–H groups in total. The fourth-order valence-corrected chi connectivity index (χ4v) is 5.52. The molecule has 6 nitrogen and oxygen atoms in total. The van der Waals surface area contributed by atoms with Gasteiger partial charge in [-0.05, 0) is 44.0 Å². The Balaban J connectivity index is 1.47. The van der Waals surface area contributed by atoms with E-state index in [4.69, 9.17) is 11.6 Å². The number of hydrogen-bond donors (Lipinski definition) is 0. The minimum atomic E-state index is -0.542. The molecule has 0 bridgehead atoms. The van der Waals surface area contributed by atoms with E-state index in [2.05, 4.69) is 11.7 Å². The molecular weight excluding hydrogens is 443 g/mol. The molecule has 0 aliphatic carbocycles. The smallest absolute Gasteiger partial charge is 0.275 e. The van der Waals surface area contributed by atoms with Gasteiger partial charge in [0.25, 0.3) is 5.91 Å². The number of carbonyl (C=O) groups is 2. The third-order valence-corrected chi connectivity index (χ3v) is 7.29. The zero-order valence-electron chi connectivity index (χ0n) is 18.3. The van der Waals surface area contributed by atoms with Gasteiger partial charge in [-0.25, -0.2) is 8.91 Å². The van der Waals surface area contributed by atoms with E-state index < -0.39 is 5.82 Å². The van der Waals surface area contributed by atoms with Crippen LogP contribution in [0.2, 0.25) is 5.02 Å². The van der Waals surface area contributed by atoms with E-state index in [1.165, 1.54) is 12.1 Å². The number of aromatic nitrogens is 2. The van der Waals surface area contributed by atoms with E-state index in [0.29, 0.717) is 36.3 Å². The zero-order chi connectivity index (χ0) is 23.3. The molecule has 170 valence electrons. The maximum atomic E-state index is 14.3. The first kappa shape index (κ1) is 21.6. The number of halogens is 2. The highest BCUT2D eigenvalue weighted by Gasteiger charge is 2.49. The first-order valence-electron chi connectivity index (χ1n) is 11.0. The summed E-state index contributed by atoms with van der Waals surface area (Å²) in [4.78, 5) is 29.2. The number of rotatable bonds is 3. The Kier molecular flexibility index (Phi) is 5.24. The summed E-state index contributed by atoms with van der Waals surface area (Å²) < 4.78 is 15.9. The lowest BCUT2D eigenvalue weighted by molar-refractivity contribution is -0.142. The molecule has 2 aliphatic rings. The third kappa shape index (κ3) is 3.51. The summed E-state index contributed by atoms with van der Waals surface area (Å²) in [6.45, 7) is 7.55. The molecule has 2 fully saturated rings. The van der Waals surface area contributed by atoms with Crippen LogP contribution in [0.3, 0.4) is 0 Å². The highest BCUT2D eigenvalue weighted by atomic mass is 35.5. The molecule has 1 atom stereocenters. The van der Waals surface area contributed by atoms with Gasteiger partial charge in [0, 0.05) is 48.4 Å². The maximum absolute atomic E-state index is 14.3. The quantitative estimate of drug-likeness (QED) is 0.536. The van der Waals surface area contributed by atoms with Crippen LogP contribution in [0.15, 0.2) is 55.3 Å². The standard InChI is InChI=1S/C25H24ClFN4O2/c1-3-20(32)29-14-25(15-29)10-12-30(16(2)13-25)24(33)23-21(17-7-6-8-18(27)22(17)26)19-9-4-5-11-31(19)28-23/h3-9,11,16H,1,10,12-15H2,2H3/t16-/m0/s1. The van der Waals surface area contributed by atoms with E-state index in [0.717, 1.165) is 12.8 Å². The average molecular weight is 467 g/mol. The fraction of sp³-hybridized carbons (Fsp3) is 0.320. The lowest BCUT2D eigenvalue weighted by Crippen LogP contribution is -2.63. The molecule has 2 saturated heterocycles. The Labute approximate surface area is 196 Å². The van der Waals surface area contributed by atoms with Crippen molar-refractivity contribution >= 4 is 28.9 Å². The molecule has 1 aromatic carbocycles. The van der Waals surface area contributed by atoms with Crippen LogP contribution in [0, 0.1) is 11.2 Å². The molecule has 33 heavy (non-hydrogen) atoms. The number of fused-ring (bicyclic) bond motifs is 1. The summed E-state index contributed by atoms with van der Waals surface area (Å²) in [6, 6.07) is 10.1. The van der Waals surface area contributed by atoms with Crippen molar-refractivity contribution in [3.63, 3.8) is 0 Å². The molecule has 1 spiro atoms. The van der Waals surface area contributed by atoms with E-state index in [9.17, 15) is 14.0 Å². The number of hydrogen-bond acceptors (Lipinski definition) is 3. The number of nitrogens with zero attached hydrogens (tertiary/aromatic N) is 4. The van der Waals surface area contributed by atoms with Crippen molar-refractivity contribution in [2.24, 2.45) is 5.41 Å². The Morgan fingerprint density at radius 2 is 2.03 bits per heavy atom. The van der Waals surface area contributed by atoms with Crippen molar-refractivity contribution in [2.45, 2.75) is 25.8 Å². The number of likely N-dealkylation sites (tertiary alicyclic amines) is 2. The van der Waals surface area contributed by atoms with Crippen molar-refractivity contribution in [3.05, 3.63) is 71.8 Å². The molecule has 0 unspecified atom stereocenters. The number of carbonyl (C=O) groups excluding carboxylic acids is 2. The highest BCUT2D eigenvalue weighted by Crippen LogP contribution is 2.44. The molecule has 2 aromatic heterocycles. The van der Waals surface area contributed by atoms with Gasteiger partial charge in [0.1, 0.15) is 5.82 Å². The molecule has 2 aliphatic heterocycles. The van der Waals surface area contributed by atoms with E-state index >= 15 is 0 Å². The first-order valence-corrected chi connectivity index (χ1v) is 11.4. The van der Waals surface area contributed by atoms with Crippen LogP contribution < -0.4 is 0 Å². The predicted molar refractivity (Wildman–Crippen MR) is 125 cm³/mol. The second kappa shape index (κ2) is 7.99.